The second kappa shape index (κ2) is 5.43. The average Bonchev–Trinajstić information content (AvgIpc) is 2.45. The lowest BCUT2D eigenvalue weighted by Crippen LogP contribution is -2.12. The molecule has 0 spiro atoms. The first-order chi connectivity index (χ1) is 9.65. The molecule has 100 valence electrons. The average molecular weight is 305 g/mol. The summed E-state index contributed by atoms with van der Waals surface area (Å²) in [6.45, 7) is 0. The minimum atomic E-state index is -0.324. The summed E-state index contributed by atoms with van der Waals surface area (Å²) in [5.74, 6) is 0.140. The fourth-order valence-electron chi connectivity index (χ4n) is 2.09. The molecule has 1 heterocycles. The van der Waals surface area contributed by atoms with Crippen LogP contribution in [-0.4, -0.2) is 11.5 Å². The first kappa shape index (κ1) is 13.4. The Bertz CT molecular complexity index is 724. The van der Waals surface area contributed by atoms with Gasteiger partial charge in [-0.1, -0.05) is 29.8 Å². The van der Waals surface area contributed by atoms with Crippen LogP contribution in [0.5, 0.6) is 0 Å². The number of hydrogen-bond donors (Lipinski definition) is 0. The van der Waals surface area contributed by atoms with Gasteiger partial charge in [0.15, 0.2) is 5.78 Å². The quantitative estimate of drug-likeness (QED) is 0.700. The summed E-state index contributed by atoms with van der Waals surface area (Å²) in [6, 6.07) is 11.7. The van der Waals surface area contributed by atoms with Crippen LogP contribution in [-0.2, 0) is 0 Å². The van der Waals surface area contributed by atoms with Gasteiger partial charge in [-0.3, -0.25) is 4.79 Å². The number of fused-ring (bicyclic) bond motifs is 1. The molecule has 1 aliphatic heterocycles. The Kier molecular flexibility index (Phi) is 3.64. The second-order valence-corrected chi connectivity index (χ2v) is 5.90. The van der Waals surface area contributed by atoms with E-state index in [1.165, 1.54) is 6.07 Å². The van der Waals surface area contributed by atoms with E-state index in [0.29, 0.717) is 27.5 Å². The zero-order valence-corrected chi connectivity index (χ0v) is 12.0. The second-order valence-electron chi connectivity index (χ2n) is 4.45. The topological polar surface area (TPSA) is 17.1 Å². The van der Waals surface area contributed by atoms with E-state index in [2.05, 4.69) is 0 Å². The maximum atomic E-state index is 13.6. The molecule has 0 aromatic heterocycles. The van der Waals surface area contributed by atoms with Crippen molar-refractivity contribution in [2.45, 2.75) is 4.90 Å². The fourth-order valence-corrected chi connectivity index (χ4v) is 3.26. The highest BCUT2D eigenvalue weighted by atomic mass is 35.5. The van der Waals surface area contributed by atoms with Crippen molar-refractivity contribution in [2.75, 3.05) is 5.75 Å². The molecule has 1 aliphatic rings. The maximum absolute atomic E-state index is 13.6. The Balaban J connectivity index is 2.02. The number of carbonyl (C=O) groups is 1. The van der Waals surface area contributed by atoms with Crippen molar-refractivity contribution in [3.63, 3.8) is 0 Å². The Morgan fingerprint density at radius 2 is 2.00 bits per heavy atom. The molecule has 0 unspecified atom stereocenters. The molecular formula is C16H10ClFOS. The zero-order chi connectivity index (χ0) is 14.1. The van der Waals surface area contributed by atoms with Gasteiger partial charge in [0.1, 0.15) is 5.82 Å². The third kappa shape index (κ3) is 2.51. The van der Waals surface area contributed by atoms with Crippen LogP contribution >= 0.6 is 23.4 Å². The van der Waals surface area contributed by atoms with Crippen LogP contribution in [0.25, 0.3) is 6.08 Å². The van der Waals surface area contributed by atoms with Gasteiger partial charge in [-0.2, -0.15) is 0 Å². The lowest BCUT2D eigenvalue weighted by atomic mass is 10.0. The monoisotopic (exact) mass is 304 g/mol. The Hall–Kier alpha value is -1.58. The number of Topliss-reactive ketones (excluding diaryl/α,β-unsaturated/α-hetero) is 1. The molecule has 2 aromatic rings. The molecule has 0 aliphatic carbocycles. The summed E-state index contributed by atoms with van der Waals surface area (Å²) in [7, 11) is 0. The van der Waals surface area contributed by atoms with Gasteiger partial charge in [-0.15, -0.1) is 11.8 Å². The molecule has 0 saturated carbocycles. The summed E-state index contributed by atoms with van der Waals surface area (Å²) in [4.78, 5) is 13.3. The van der Waals surface area contributed by atoms with Crippen molar-refractivity contribution < 1.29 is 9.18 Å². The highest BCUT2D eigenvalue weighted by Gasteiger charge is 2.22. The highest BCUT2D eigenvalue weighted by molar-refractivity contribution is 7.99. The number of ketones is 1. The van der Waals surface area contributed by atoms with Crippen LogP contribution < -0.4 is 0 Å². The Labute approximate surface area is 125 Å². The molecule has 1 nitrogen and oxygen atoms in total. The molecule has 0 saturated heterocycles. The van der Waals surface area contributed by atoms with Crippen LogP contribution in [0, 0.1) is 5.82 Å². The van der Waals surface area contributed by atoms with E-state index in [1.807, 2.05) is 6.07 Å². The first-order valence-corrected chi connectivity index (χ1v) is 7.43. The van der Waals surface area contributed by atoms with Gasteiger partial charge in [0.05, 0.1) is 0 Å². The lowest BCUT2D eigenvalue weighted by Gasteiger charge is -2.17. The first-order valence-electron chi connectivity index (χ1n) is 6.07. The van der Waals surface area contributed by atoms with Gasteiger partial charge in [0, 0.05) is 32.4 Å². The van der Waals surface area contributed by atoms with E-state index in [4.69, 9.17) is 11.6 Å². The summed E-state index contributed by atoms with van der Waals surface area (Å²) in [5.41, 5.74) is 1.62. The number of benzene rings is 2. The standard InChI is InChI=1S/C16H10ClFOS/c17-12-5-6-15-13(8-12)16(19)11(9-20-15)7-10-3-1-2-4-14(10)18/h1-8H,9H2/b11-7+. The van der Waals surface area contributed by atoms with Crippen LogP contribution in [0.3, 0.4) is 0 Å². The summed E-state index contributed by atoms with van der Waals surface area (Å²) in [5, 5.41) is 0.532. The van der Waals surface area contributed by atoms with E-state index in [9.17, 15) is 9.18 Å². The van der Waals surface area contributed by atoms with E-state index in [-0.39, 0.29) is 11.6 Å². The summed E-state index contributed by atoms with van der Waals surface area (Å²) < 4.78 is 13.6. The van der Waals surface area contributed by atoms with Crippen molar-refractivity contribution in [1.29, 1.82) is 0 Å². The number of carbonyl (C=O) groups excluding carboxylic acids is 1. The minimum absolute atomic E-state index is 0.0792. The molecule has 0 N–H and O–H groups in total. The summed E-state index contributed by atoms with van der Waals surface area (Å²) >= 11 is 7.50. The van der Waals surface area contributed by atoms with Crippen molar-refractivity contribution in [3.05, 3.63) is 70.0 Å². The van der Waals surface area contributed by atoms with Crippen molar-refractivity contribution >= 4 is 35.2 Å². The molecule has 0 atom stereocenters. The highest BCUT2D eigenvalue weighted by Crippen LogP contribution is 2.35. The molecule has 4 heteroatoms. The van der Waals surface area contributed by atoms with Gasteiger partial charge < -0.3 is 0 Å². The molecule has 20 heavy (non-hydrogen) atoms. The molecule has 0 radical (unpaired) electrons. The minimum Gasteiger partial charge on any atom is -0.289 e. The SMILES string of the molecule is O=C1/C(=C/c2ccccc2F)CSc2ccc(Cl)cc21. The van der Waals surface area contributed by atoms with E-state index >= 15 is 0 Å². The van der Waals surface area contributed by atoms with Crippen LogP contribution in [0.1, 0.15) is 15.9 Å². The summed E-state index contributed by atoms with van der Waals surface area (Å²) in [6.07, 6.45) is 1.62. The molecular weight excluding hydrogens is 295 g/mol. The molecule has 2 aromatic carbocycles. The zero-order valence-electron chi connectivity index (χ0n) is 10.4. The molecule has 0 fully saturated rings. The number of hydrogen-bond acceptors (Lipinski definition) is 2. The lowest BCUT2D eigenvalue weighted by molar-refractivity contribution is 0.103. The van der Waals surface area contributed by atoms with Gasteiger partial charge in [0.2, 0.25) is 0 Å². The normalized spacial score (nSPS) is 16.3. The van der Waals surface area contributed by atoms with Gasteiger partial charge in [0.25, 0.3) is 0 Å². The van der Waals surface area contributed by atoms with Crippen molar-refractivity contribution in [1.82, 2.24) is 0 Å². The maximum Gasteiger partial charge on any atom is 0.191 e. The van der Waals surface area contributed by atoms with Crippen molar-refractivity contribution in [2.24, 2.45) is 0 Å². The predicted molar refractivity (Wildman–Crippen MR) is 80.9 cm³/mol. The third-order valence-electron chi connectivity index (χ3n) is 3.10. The van der Waals surface area contributed by atoms with Gasteiger partial charge in [-0.25, -0.2) is 4.39 Å². The number of halogens is 2. The van der Waals surface area contributed by atoms with Crippen molar-refractivity contribution in [3.8, 4) is 0 Å². The molecule has 0 bridgehead atoms. The van der Waals surface area contributed by atoms with Crippen LogP contribution in [0.2, 0.25) is 5.02 Å². The Morgan fingerprint density at radius 3 is 2.80 bits per heavy atom. The largest absolute Gasteiger partial charge is 0.289 e. The molecule has 0 amide bonds. The number of rotatable bonds is 1. The molecule has 3 rings (SSSR count). The van der Waals surface area contributed by atoms with E-state index in [0.717, 1.165) is 4.90 Å². The van der Waals surface area contributed by atoms with Gasteiger partial charge >= 0.3 is 0 Å². The van der Waals surface area contributed by atoms with E-state index < -0.39 is 0 Å². The smallest absolute Gasteiger partial charge is 0.191 e. The third-order valence-corrected chi connectivity index (χ3v) is 4.45. The van der Waals surface area contributed by atoms with E-state index in [1.54, 1.807) is 48.2 Å². The fraction of sp³-hybridized carbons (Fsp3) is 0.0625. The van der Waals surface area contributed by atoms with Crippen LogP contribution in [0.4, 0.5) is 4.39 Å². The van der Waals surface area contributed by atoms with Crippen LogP contribution in [0.15, 0.2) is 52.9 Å². The van der Waals surface area contributed by atoms with Gasteiger partial charge in [-0.05, 0) is 30.3 Å². The number of thioether (sulfide) groups is 1. The Morgan fingerprint density at radius 1 is 1.20 bits per heavy atom. The predicted octanol–water partition coefficient (Wildman–Crippen LogP) is 4.85.